The van der Waals surface area contributed by atoms with Crippen LogP contribution in [0.4, 0.5) is 5.69 Å². The van der Waals surface area contributed by atoms with Crippen molar-refractivity contribution < 1.29 is 14.8 Å². The van der Waals surface area contributed by atoms with Crippen molar-refractivity contribution in [2.24, 2.45) is 0 Å². The quantitative estimate of drug-likeness (QED) is 0.307. The lowest BCUT2D eigenvalue weighted by Gasteiger charge is -2.13. The number of nitro groups is 1. The predicted molar refractivity (Wildman–Crippen MR) is 111 cm³/mol. The third-order valence-electron chi connectivity index (χ3n) is 5.42. The molecule has 1 aromatic heterocycles. The Kier molecular flexibility index (Phi) is 5.78. The maximum atomic E-state index is 10.8. The van der Waals surface area contributed by atoms with E-state index in [2.05, 4.69) is 16.4 Å². The van der Waals surface area contributed by atoms with Crippen LogP contribution in [0.15, 0.2) is 42.5 Å². The summed E-state index contributed by atoms with van der Waals surface area (Å²) in [6, 6.07) is 12.2. The van der Waals surface area contributed by atoms with Crippen LogP contribution >= 0.6 is 0 Å². The zero-order valence-corrected chi connectivity index (χ0v) is 16.2. The molecule has 0 spiro atoms. The van der Waals surface area contributed by atoms with Crippen LogP contribution in [0.2, 0.25) is 0 Å². The van der Waals surface area contributed by atoms with Crippen molar-refractivity contribution in [1.82, 2.24) is 10.3 Å². The van der Waals surface area contributed by atoms with Gasteiger partial charge in [0.2, 0.25) is 0 Å². The number of benzene rings is 2. The van der Waals surface area contributed by atoms with Crippen molar-refractivity contribution >= 4 is 16.6 Å². The van der Waals surface area contributed by atoms with Gasteiger partial charge >= 0.3 is 0 Å². The standard InChI is InChI=1S/C22H25N3O4/c26-22(15-4-3-5-16(12-15)25(27)28)14-23-10-11-29-17-8-9-19-18-6-1-2-7-20(18)24-21(19)13-17/h3-5,8-9,12-13,22-24,26H,1-2,6-7,10-11,14H2. The number of nitrogens with zero attached hydrogens (tertiary/aromatic N) is 1. The molecule has 4 rings (SSSR count). The number of rotatable bonds is 8. The van der Waals surface area contributed by atoms with Gasteiger partial charge in [-0.25, -0.2) is 0 Å². The molecule has 7 heteroatoms. The Morgan fingerprint density at radius 2 is 2.07 bits per heavy atom. The SMILES string of the molecule is O=[N+]([O-])c1cccc(C(O)CNCCOc2ccc3c4c([nH]c3c2)CCCC4)c1. The van der Waals surface area contributed by atoms with Crippen molar-refractivity contribution in [3.63, 3.8) is 0 Å². The van der Waals surface area contributed by atoms with Gasteiger partial charge in [-0.2, -0.15) is 0 Å². The molecule has 1 atom stereocenters. The number of nitrogens with one attached hydrogen (secondary N) is 2. The zero-order valence-electron chi connectivity index (χ0n) is 16.2. The lowest BCUT2D eigenvalue weighted by molar-refractivity contribution is -0.385. The maximum absolute atomic E-state index is 10.8. The highest BCUT2D eigenvalue weighted by Gasteiger charge is 2.15. The molecule has 0 bridgehead atoms. The molecule has 7 nitrogen and oxygen atoms in total. The van der Waals surface area contributed by atoms with Gasteiger partial charge in [0.05, 0.1) is 11.0 Å². The summed E-state index contributed by atoms with van der Waals surface area (Å²) in [6.07, 6.45) is 3.96. The van der Waals surface area contributed by atoms with Gasteiger partial charge in [0.15, 0.2) is 0 Å². The average Bonchev–Trinajstić information content (AvgIpc) is 3.11. The number of aromatic nitrogens is 1. The van der Waals surface area contributed by atoms with Gasteiger partial charge in [0, 0.05) is 47.9 Å². The van der Waals surface area contributed by atoms with Gasteiger partial charge in [0.25, 0.3) is 5.69 Å². The summed E-state index contributed by atoms with van der Waals surface area (Å²) in [5.74, 6) is 0.817. The molecule has 0 radical (unpaired) electrons. The van der Waals surface area contributed by atoms with Gasteiger partial charge in [-0.15, -0.1) is 0 Å². The van der Waals surface area contributed by atoms with E-state index in [9.17, 15) is 15.2 Å². The second kappa shape index (κ2) is 8.63. The fourth-order valence-corrected chi connectivity index (χ4v) is 3.93. The third-order valence-corrected chi connectivity index (χ3v) is 5.42. The Bertz CT molecular complexity index is 1010. The smallest absolute Gasteiger partial charge is 0.269 e. The Morgan fingerprint density at radius 3 is 2.93 bits per heavy atom. The van der Waals surface area contributed by atoms with Gasteiger partial charge in [0.1, 0.15) is 12.4 Å². The molecule has 0 aliphatic heterocycles. The summed E-state index contributed by atoms with van der Waals surface area (Å²) < 4.78 is 5.83. The number of ether oxygens (including phenoxy) is 1. The normalized spacial score (nSPS) is 14.5. The molecule has 3 N–H and O–H groups in total. The van der Waals surface area contributed by atoms with Crippen molar-refractivity contribution in [3.8, 4) is 5.75 Å². The van der Waals surface area contributed by atoms with Crippen molar-refractivity contribution in [2.75, 3.05) is 19.7 Å². The molecule has 0 fully saturated rings. The number of hydrogen-bond donors (Lipinski definition) is 3. The van der Waals surface area contributed by atoms with Crippen LogP contribution in [0.5, 0.6) is 5.75 Å². The number of H-pyrrole nitrogens is 1. The molecule has 2 aromatic carbocycles. The minimum atomic E-state index is -0.809. The molecule has 1 aliphatic carbocycles. The summed E-state index contributed by atoms with van der Waals surface area (Å²) in [6.45, 7) is 1.33. The number of aryl methyl sites for hydroxylation is 2. The fourth-order valence-electron chi connectivity index (χ4n) is 3.93. The third kappa shape index (κ3) is 4.41. The molecule has 0 saturated carbocycles. The van der Waals surface area contributed by atoms with E-state index in [1.165, 1.54) is 41.6 Å². The van der Waals surface area contributed by atoms with Crippen molar-refractivity contribution in [1.29, 1.82) is 0 Å². The lowest BCUT2D eigenvalue weighted by Crippen LogP contribution is -2.26. The van der Waals surface area contributed by atoms with E-state index in [4.69, 9.17) is 4.74 Å². The summed E-state index contributed by atoms with van der Waals surface area (Å²) >= 11 is 0. The predicted octanol–water partition coefficient (Wildman–Crippen LogP) is 3.66. The summed E-state index contributed by atoms with van der Waals surface area (Å²) in [5.41, 5.74) is 4.44. The number of non-ortho nitro benzene ring substituents is 1. The van der Waals surface area contributed by atoms with E-state index in [1.807, 2.05) is 12.1 Å². The fraction of sp³-hybridized carbons (Fsp3) is 0.364. The van der Waals surface area contributed by atoms with Crippen LogP contribution in [0.3, 0.4) is 0 Å². The number of hydrogen-bond acceptors (Lipinski definition) is 5. The summed E-state index contributed by atoms with van der Waals surface area (Å²) in [4.78, 5) is 13.9. The maximum Gasteiger partial charge on any atom is 0.269 e. The van der Waals surface area contributed by atoms with E-state index in [1.54, 1.807) is 12.1 Å². The topological polar surface area (TPSA) is 100 Å². The molecule has 0 amide bonds. The molecular formula is C22H25N3O4. The highest BCUT2D eigenvalue weighted by Crippen LogP contribution is 2.31. The monoisotopic (exact) mass is 395 g/mol. The van der Waals surface area contributed by atoms with Crippen LogP contribution in [0, 0.1) is 10.1 Å². The number of aliphatic hydroxyl groups excluding tert-OH is 1. The second-order valence-corrected chi connectivity index (χ2v) is 7.42. The van der Waals surface area contributed by atoms with Crippen LogP contribution in [-0.2, 0) is 12.8 Å². The molecule has 1 aliphatic rings. The Hall–Kier alpha value is -2.90. The average molecular weight is 395 g/mol. The molecule has 3 aromatic rings. The zero-order chi connectivity index (χ0) is 20.2. The Labute approximate surface area is 168 Å². The summed E-state index contributed by atoms with van der Waals surface area (Å²) in [7, 11) is 0. The minimum absolute atomic E-state index is 0.0220. The van der Waals surface area contributed by atoms with E-state index in [0.717, 1.165) is 24.1 Å². The first-order valence-electron chi connectivity index (χ1n) is 10.0. The molecule has 152 valence electrons. The van der Waals surface area contributed by atoms with E-state index in [0.29, 0.717) is 25.3 Å². The van der Waals surface area contributed by atoms with Gasteiger partial charge in [-0.3, -0.25) is 10.1 Å². The van der Waals surface area contributed by atoms with Gasteiger partial charge < -0.3 is 20.1 Å². The number of aliphatic hydroxyl groups is 1. The largest absolute Gasteiger partial charge is 0.492 e. The van der Waals surface area contributed by atoms with Crippen LogP contribution in [0.1, 0.15) is 35.8 Å². The summed E-state index contributed by atoms with van der Waals surface area (Å²) in [5, 5.41) is 25.5. The highest BCUT2D eigenvalue weighted by molar-refractivity contribution is 5.86. The molecule has 1 unspecified atom stereocenters. The first kappa shape index (κ1) is 19.4. The lowest BCUT2D eigenvalue weighted by atomic mass is 9.96. The Morgan fingerprint density at radius 1 is 1.21 bits per heavy atom. The van der Waals surface area contributed by atoms with E-state index in [-0.39, 0.29) is 5.69 Å². The first-order valence-corrected chi connectivity index (χ1v) is 10.0. The molecule has 0 saturated heterocycles. The number of aromatic amines is 1. The van der Waals surface area contributed by atoms with Crippen molar-refractivity contribution in [3.05, 3.63) is 69.4 Å². The Balaban J connectivity index is 1.26. The minimum Gasteiger partial charge on any atom is -0.492 e. The van der Waals surface area contributed by atoms with Crippen LogP contribution in [0.25, 0.3) is 10.9 Å². The first-order chi connectivity index (χ1) is 14.1. The van der Waals surface area contributed by atoms with Gasteiger partial charge in [-0.1, -0.05) is 12.1 Å². The molecular weight excluding hydrogens is 370 g/mol. The van der Waals surface area contributed by atoms with E-state index >= 15 is 0 Å². The number of fused-ring (bicyclic) bond motifs is 3. The van der Waals surface area contributed by atoms with Crippen LogP contribution < -0.4 is 10.1 Å². The molecule has 1 heterocycles. The van der Waals surface area contributed by atoms with Gasteiger partial charge in [-0.05, 0) is 48.9 Å². The molecule has 29 heavy (non-hydrogen) atoms. The van der Waals surface area contributed by atoms with Crippen molar-refractivity contribution in [2.45, 2.75) is 31.8 Å². The second-order valence-electron chi connectivity index (χ2n) is 7.42. The number of nitro benzene ring substituents is 1. The van der Waals surface area contributed by atoms with E-state index < -0.39 is 11.0 Å². The highest BCUT2D eigenvalue weighted by atomic mass is 16.6. The van der Waals surface area contributed by atoms with Crippen LogP contribution in [-0.4, -0.2) is 34.7 Å².